The zero-order valence-electron chi connectivity index (χ0n) is 12.5. The van der Waals surface area contributed by atoms with Gasteiger partial charge in [0.05, 0.1) is 4.90 Å². The molecule has 0 aromatic heterocycles. The maximum absolute atomic E-state index is 13.9. The van der Waals surface area contributed by atoms with Crippen LogP contribution in [-0.2, 0) is 6.54 Å². The van der Waals surface area contributed by atoms with E-state index in [4.69, 9.17) is 0 Å². The van der Waals surface area contributed by atoms with E-state index in [1.54, 1.807) is 0 Å². The summed E-state index contributed by atoms with van der Waals surface area (Å²) in [5.74, 6) is -0.216. The van der Waals surface area contributed by atoms with Crippen molar-refractivity contribution in [2.75, 3.05) is 31.9 Å². The number of nitrogens with one attached hydrogen (secondary N) is 1. The van der Waals surface area contributed by atoms with Crippen molar-refractivity contribution in [3.63, 3.8) is 0 Å². The van der Waals surface area contributed by atoms with E-state index >= 15 is 0 Å². The molecule has 2 nitrogen and oxygen atoms in total. The molecule has 0 bridgehead atoms. The van der Waals surface area contributed by atoms with Crippen molar-refractivity contribution in [2.24, 2.45) is 0 Å². The highest BCUT2D eigenvalue weighted by atomic mass is 32.2. The first-order valence-corrected chi connectivity index (χ1v) is 8.14. The molecule has 1 rings (SSSR count). The number of hydrogen-bond acceptors (Lipinski definition) is 3. The van der Waals surface area contributed by atoms with Crippen LogP contribution in [-0.4, -0.2) is 36.8 Å². The predicted octanol–water partition coefficient (Wildman–Crippen LogP) is 3.51. The molecule has 0 aliphatic heterocycles. The topological polar surface area (TPSA) is 15.3 Å². The van der Waals surface area contributed by atoms with Crippen molar-refractivity contribution < 1.29 is 8.78 Å². The van der Waals surface area contributed by atoms with Gasteiger partial charge in [-0.3, -0.25) is 0 Å². The summed E-state index contributed by atoms with van der Waals surface area (Å²) in [6.45, 7) is 10.2. The standard InChI is InChI=1S/C15H24F2N2S/c1-4-18-11-12-9-13(16)15(14(17)10-12)20-8-7-19(5-2)6-3/h9-10,18H,4-8,11H2,1-3H3. The molecular weight excluding hydrogens is 278 g/mol. The minimum atomic E-state index is -0.456. The number of halogens is 2. The van der Waals surface area contributed by atoms with Gasteiger partial charge in [0.25, 0.3) is 0 Å². The largest absolute Gasteiger partial charge is 0.313 e. The third kappa shape index (κ3) is 5.38. The van der Waals surface area contributed by atoms with Crippen LogP contribution >= 0.6 is 11.8 Å². The summed E-state index contributed by atoms with van der Waals surface area (Å²) >= 11 is 1.25. The molecule has 0 fully saturated rings. The Balaban J connectivity index is 2.62. The van der Waals surface area contributed by atoms with E-state index in [0.29, 0.717) is 17.9 Å². The number of nitrogens with zero attached hydrogens (tertiary/aromatic N) is 1. The molecule has 1 N–H and O–H groups in total. The molecule has 114 valence electrons. The van der Waals surface area contributed by atoms with Crippen molar-refractivity contribution in [1.82, 2.24) is 10.2 Å². The summed E-state index contributed by atoms with van der Waals surface area (Å²) in [5.41, 5.74) is 0.648. The SMILES string of the molecule is CCNCc1cc(F)c(SCCN(CC)CC)c(F)c1. The Bertz CT molecular complexity index is 386. The van der Waals surface area contributed by atoms with Crippen LogP contribution in [0, 0.1) is 11.6 Å². The quantitative estimate of drug-likeness (QED) is 0.703. The van der Waals surface area contributed by atoms with Crippen LogP contribution in [0.4, 0.5) is 8.78 Å². The van der Waals surface area contributed by atoms with E-state index in [0.717, 1.165) is 26.2 Å². The molecule has 0 saturated heterocycles. The normalized spacial score (nSPS) is 11.3. The van der Waals surface area contributed by atoms with Crippen LogP contribution in [0.3, 0.4) is 0 Å². The lowest BCUT2D eigenvalue weighted by Crippen LogP contribution is -2.25. The van der Waals surface area contributed by atoms with E-state index in [1.165, 1.54) is 23.9 Å². The fourth-order valence-electron chi connectivity index (χ4n) is 1.94. The Morgan fingerprint density at radius 1 is 1.10 bits per heavy atom. The number of hydrogen-bond donors (Lipinski definition) is 1. The van der Waals surface area contributed by atoms with E-state index < -0.39 is 11.6 Å². The second-order valence-electron chi connectivity index (χ2n) is 4.54. The summed E-state index contributed by atoms with van der Waals surface area (Å²) in [6.07, 6.45) is 0. The van der Waals surface area contributed by atoms with Crippen molar-refractivity contribution in [3.05, 3.63) is 29.3 Å². The Morgan fingerprint density at radius 3 is 2.20 bits per heavy atom. The average molecular weight is 302 g/mol. The lowest BCUT2D eigenvalue weighted by Gasteiger charge is -2.17. The van der Waals surface area contributed by atoms with Gasteiger partial charge in [-0.1, -0.05) is 20.8 Å². The van der Waals surface area contributed by atoms with Gasteiger partial charge in [0.15, 0.2) is 0 Å². The Morgan fingerprint density at radius 2 is 1.70 bits per heavy atom. The lowest BCUT2D eigenvalue weighted by atomic mass is 10.2. The van der Waals surface area contributed by atoms with Crippen LogP contribution in [0.1, 0.15) is 26.3 Å². The molecule has 0 atom stereocenters. The Labute approximate surface area is 124 Å². The van der Waals surface area contributed by atoms with Crippen LogP contribution in [0.25, 0.3) is 0 Å². The highest BCUT2D eigenvalue weighted by molar-refractivity contribution is 7.99. The second kappa shape index (κ2) is 9.32. The Kier molecular flexibility index (Phi) is 8.11. The predicted molar refractivity (Wildman–Crippen MR) is 82.3 cm³/mol. The molecule has 0 spiro atoms. The van der Waals surface area contributed by atoms with Crippen LogP contribution < -0.4 is 5.32 Å². The van der Waals surface area contributed by atoms with E-state index in [9.17, 15) is 8.78 Å². The molecular formula is C15H24F2N2S. The number of thioether (sulfide) groups is 1. The van der Waals surface area contributed by atoms with Gasteiger partial charge in [-0.05, 0) is 37.3 Å². The molecule has 5 heteroatoms. The summed E-state index contributed by atoms with van der Waals surface area (Å²) < 4.78 is 27.8. The van der Waals surface area contributed by atoms with Crippen molar-refractivity contribution in [1.29, 1.82) is 0 Å². The van der Waals surface area contributed by atoms with Gasteiger partial charge >= 0.3 is 0 Å². The van der Waals surface area contributed by atoms with Crippen LogP contribution in [0.5, 0.6) is 0 Å². The smallest absolute Gasteiger partial charge is 0.140 e. The average Bonchev–Trinajstić information content (AvgIpc) is 2.43. The maximum atomic E-state index is 13.9. The van der Waals surface area contributed by atoms with Gasteiger partial charge in [0.1, 0.15) is 11.6 Å². The minimum Gasteiger partial charge on any atom is -0.313 e. The maximum Gasteiger partial charge on any atom is 0.140 e. The van der Waals surface area contributed by atoms with Crippen LogP contribution in [0.15, 0.2) is 17.0 Å². The molecule has 0 amide bonds. The first-order valence-electron chi connectivity index (χ1n) is 7.16. The molecule has 0 aliphatic rings. The monoisotopic (exact) mass is 302 g/mol. The van der Waals surface area contributed by atoms with Crippen molar-refractivity contribution in [3.8, 4) is 0 Å². The minimum absolute atomic E-state index is 0.136. The van der Waals surface area contributed by atoms with Crippen molar-refractivity contribution in [2.45, 2.75) is 32.2 Å². The van der Waals surface area contributed by atoms with Crippen LogP contribution in [0.2, 0.25) is 0 Å². The number of benzene rings is 1. The summed E-state index contributed by atoms with van der Waals surface area (Å²) in [4.78, 5) is 2.37. The summed E-state index contributed by atoms with van der Waals surface area (Å²) in [7, 11) is 0. The zero-order valence-corrected chi connectivity index (χ0v) is 13.3. The summed E-state index contributed by atoms with van der Waals surface area (Å²) in [6, 6.07) is 2.84. The van der Waals surface area contributed by atoms with E-state index in [1.807, 2.05) is 6.92 Å². The highest BCUT2D eigenvalue weighted by Crippen LogP contribution is 2.26. The Hall–Kier alpha value is -0.650. The molecule has 1 aromatic carbocycles. The number of rotatable bonds is 9. The first kappa shape index (κ1) is 17.4. The highest BCUT2D eigenvalue weighted by Gasteiger charge is 2.12. The van der Waals surface area contributed by atoms with Gasteiger partial charge in [-0.2, -0.15) is 0 Å². The first-order chi connectivity index (χ1) is 9.62. The second-order valence-corrected chi connectivity index (χ2v) is 5.65. The zero-order chi connectivity index (χ0) is 15.0. The fourth-order valence-corrected chi connectivity index (χ4v) is 2.89. The lowest BCUT2D eigenvalue weighted by molar-refractivity contribution is 0.324. The van der Waals surface area contributed by atoms with E-state index in [2.05, 4.69) is 24.1 Å². The molecule has 20 heavy (non-hydrogen) atoms. The third-order valence-electron chi connectivity index (χ3n) is 3.19. The molecule has 1 aromatic rings. The molecule has 0 aliphatic carbocycles. The van der Waals surface area contributed by atoms with Gasteiger partial charge < -0.3 is 10.2 Å². The third-order valence-corrected chi connectivity index (χ3v) is 4.25. The molecule has 0 heterocycles. The summed E-state index contributed by atoms with van der Waals surface area (Å²) in [5, 5.41) is 3.06. The van der Waals surface area contributed by atoms with Gasteiger partial charge in [-0.25, -0.2) is 8.78 Å². The molecule has 0 unspecified atom stereocenters. The van der Waals surface area contributed by atoms with E-state index in [-0.39, 0.29) is 4.90 Å². The van der Waals surface area contributed by atoms with Crippen molar-refractivity contribution >= 4 is 11.8 Å². The molecule has 0 saturated carbocycles. The van der Waals surface area contributed by atoms with Gasteiger partial charge in [0, 0.05) is 18.8 Å². The van der Waals surface area contributed by atoms with Gasteiger partial charge in [-0.15, -0.1) is 11.8 Å². The van der Waals surface area contributed by atoms with Gasteiger partial charge in [0.2, 0.25) is 0 Å². The fraction of sp³-hybridized carbons (Fsp3) is 0.600. The molecule has 0 radical (unpaired) electrons.